The van der Waals surface area contributed by atoms with Crippen LogP contribution in [0.2, 0.25) is 5.02 Å². The standard InChI is InChI=1S/C27H20ClNO5/c1-3-33-20-11-6-17(7-12-20)24-23-25(31)21-14-18(28)8-13-22(21)34-26(23)27(32)29(24)19-9-4-16(5-10-19)15(2)30/h4-14,24H,3H2,1-2H3. The van der Waals surface area contributed by atoms with Gasteiger partial charge in [0.15, 0.2) is 11.2 Å². The lowest BCUT2D eigenvalue weighted by Gasteiger charge is -2.25. The van der Waals surface area contributed by atoms with Gasteiger partial charge in [-0.3, -0.25) is 19.3 Å². The Morgan fingerprint density at radius 3 is 2.38 bits per heavy atom. The third kappa shape index (κ3) is 3.56. The predicted octanol–water partition coefficient (Wildman–Crippen LogP) is 5.80. The van der Waals surface area contributed by atoms with E-state index in [1.165, 1.54) is 11.8 Å². The second kappa shape index (κ2) is 8.47. The third-order valence-electron chi connectivity index (χ3n) is 5.89. The molecular formula is C27H20ClNO5. The summed E-state index contributed by atoms with van der Waals surface area (Å²) >= 11 is 6.14. The summed E-state index contributed by atoms with van der Waals surface area (Å²) in [4.78, 5) is 40.5. The maximum atomic E-state index is 13.6. The maximum absolute atomic E-state index is 13.6. The van der Waals surface area contributed by atoms with Crippen molar-refractivity contribution < 1.29 is 18.7 Å². The first-order valence-corrected chi connectivity index (χ1v) is 11.2. The fourth-order valence-electron chi connectivity index (χ4n) is 4.30. The summed E-state index contributed by atoms with van der Waals surface area (Å²) < 4.78 is 11.5. The third-order valence-corrected chi connectivity index (χ3v) is 6.13. The van der Waals surface area contributed by atoms with Crippen LogP contribution in [0.1, 0.15) is 51.9 Å². The van der Waals surface area contributed by atoms with Gasteiger partial charge in [0.1, 0.15) is 11.3 Å². The van der Waals surface area contributed by atoms with Crippen LogP contribution in [-0.2, 0) is 0 Å². The van der Waals surface area contributed by atoms with Gasteiger partial charge < -0.3 is 9.15 Å². The van der Waals surface area contributed by atoms with E-state index in [9.17, 15) is 14.4 Å². The fourth-order valence-corrected chi connectivity index (χ4v) is 4.47. The van der Waals surface area contributed by atoms with Gasteiger partial charge in [0.25, 0.3) is 5.91 Å². The van der Waals surface area contributed by atoms with Crippen LogP contribution < -0.4 is 15.1 Å². The monoisotopic (exact) mass is 473 g/mol. The van der Waals surface area contributed by atoms with Gasteiger partial charge in [-0.1, -0.05) is 23.7 Å². The highest BCUT2D eigenvalue weighted by Crippen LogP contribution is 2.41. The first-order chi connectivity index (χ1) is 16.4. The van der Waals surface area contributed by atoms with E-state index < -0.39 is 11.9 Å². The minimum absolute atomic E-state index is 0.00523. The van der Waals surface area contributed by atoms with Crippen molar-refractivity contribution in [3.8, 4) is 5.75 Å². The zero-order valence-electron chi connectivity index (χ0n) is 18.5. The SMILES string of the molecule is CCOc1ccc(C2c3c(oc4ccc(Cl)cc4c3=O)C(=O)N2c2ccc(C(C)=O)cc2)cc1. The van der Waals surface area contributed by atoms with Gasteiger partial charge in [-0.2, -0.15) is 0 Å². The number of rotatable bonds is 5. The molecule has 1 aliphatic rings. The van der Waals surface area contributed by atoms with Crippen LogP contribution in [0.5, 0.6) is 5.75 Å². The molecule has 1 unspecified atom stereocenters. The summed E-state index contributed by atoms with van der Waals surface area (Å²) in [6.07, 6.45) is 0. The van der Waals surface area contributed by atoms with Gasteiger partial charge in [-0.15, -0.1) is 0 Å². The number of amides is 1. The molecule has 1 amide bonds. The van der Waals surface area contributed by atoms with E-state index in [0.29, 0.717) is 39.6 Å². The minimum atomic E-state index is -0.721. The molecule has 0 aliphatic carbocycles. The minimum Gasteiger partial charge on any atom is -0.494 e. The van der Waals surface area contributed by atoms with E-state index in [-0.39, 0.29) is 22.5 Å². The zero-order chi connectivity index (χ0) is 24.0. The lowest BCUT2D eigenvalue weighted by Crippen LogP contribution is -2.29. The number of ether oxygens (including phenoxy) is 1. The second-order valence-electron chi connectivity index (χ2n) is 8.00. The molecule has 1 atom stereocenters. The van der Waals surface area contributed by atoms with Crippen LogP contribution in [0, 0.1) is 0 Å². The number of benzene rings is 3. The Labute approximate surface area is 200 Å². The molecule has 0 spiro atoms. The van der Waals surface area contributed by atoms with Crippen molar-refractivity contribution in [2.24, 2.45) is 0 Å². The number of hydrogen-bond acceptors (Lipinski definition) is 5. The van der Waals surface area contributed by atoms with Crippen molar-refractivity contribution in [3.05, 3.63) is 104 Å². The first-order valence-electron chi connectivity index (χ1n) is 10.8. The van der Waals surface area contributed by atoms with Crippen molar-refractivity contribution in [2.75, 3.05) is 11.5 Å². The lowest BCUT2D eigenvalue weighted by molar-refractivity contribution is 0.0970. The average molecular weight is 474 g/mol. The number of ketones is 1. The van der Waals surface area contributed by atoms with Crippen molar-refractivity contribution >= 4 is 39.9 Å². The van der Waals surface area contributed by atoms with Crippen LogP contribution in [-0.4, -0.2) is 18.3 Å². The molecule has 0 N–H and O–H groups in total. The molecule has 5 rings (SSSR count). The zero-order valence-corrected chi connectivity index (χ0v) is 19.3. The van der Waals surface area contributed by atoms with Gasteiger partial charge in [0, 0.05) is 16.3 Å². The van der Waals surface area contributed by atoms with Crippen LogP contribution in [0.4, 0.5) is 5.69 Å². The number of fused-ring (bicyclic) bond motifs is 2. The van der Waals surface area contributed by atoms with Gasteiger partial charge in [-0.05, 0) is 74.0 Å². The first kappa shape index (κ1) is 21.9. The molecular weight excluding hydrogens is 454 g/mol. The van der Waals surface area contributed by atoms with E-state index in [2.05, 4.69) is 0 Å². The highest BCUT2D eigenvalue weighted by molar-refractivity contribution is 6.31. The van der Waals surface area contributed by atoms with Gasteiger partial charge in [0.05, 0.1) is 23.6 Å². The molecule has 4 aromatic rings. The molecule has 0 saturated heterocycles. The van der Waals surface area contributed by atoms with Gasteiger partial charge >= 0.3 is 0 Å². The number of halogens is 1. The normalized spacial score (nSPS) is 15.0. The summed E-state index contributed by atoms with van der Waals surface area (Å²) in [5.74, 6) is 0.170. The lowest BCUT2D eigenvalue weighted by atomic mass is 9.98. The average Bonchev–Trinajstić information content (AvgIpc) is 3.13. The fraction of sp³-hybridized carbons (Fsp3) is 0.148. The molecule has 0 fully saturated rings. The molecule has 0 saturated carbocycles. The highest BCUT2D eigenvalue weighted by atomic mass is 35.5. The topological polar surface area (TPSA) is 76.8 Å². The van der Waals surface area contributed by atoms with Crippen LogP contribution in [0.15, 0.2) is 75.9 Å². The number of hydrogen-bond donors (Lipinski definition) is 0. The summed E-state index contributed by atoms with van der Waals surface area (Å²) in [5, 5.41) is 0.710. The van der Waals surface area contributed by atoms with Crippen molar-refractivity contribution in [3.63, 3.8) is 0 Å². The Kier molecular flexibility index (Phi) is 5.46. The summed E-state index contributed by atoms with van der Waals surface area (Å²) in [6.45, 7) is 3.90. The molecule has 7 heteroatoms. The number of nitrogens with zero attached hydrogens (tertiary/aromatic N) is 1. The number of anilines is 1. The van der Waals surface area contributed by atoms with Crippen LogP contribution >= 0.6 is 11.6 Å². The number of Topliss-reactive ketones (excluding diaryl/α,β-unsaturated/α-hetero) is 1. The molecule has 0 radical (unpaired) electrons. The summed E-state index contributed by atoms with van der Waals surface area (Å²) in [6, 6.07) is 18.0. The Bertz CT molecular complexity index is 1490. The largest absolute Gasteiger partial charge is 0.494 e. The molecule has 6 nitrogen and oxygen atoms in total. The van der Waals surface area contributed by atoms with E-state index >= 15 is 0 Å². The summed E-state index contributed by atoms with van der Waals surface area (Å²) in [7, 11) is 0. The second-order valence-corrected chi connectivity index (χ2v) is 8.43. The molecule has 34 heavy (non-hydrogen) atoms. The van der Waals surface area contributed by atoms with E-state index in [1.54, 1.807) is 54.6 Å². The quantitative estimate of drug-likeness (QED) is 0.342. The van der Waals surface area contributed by atoms with Crippen LogP contribution in [0.25, 0.3) is 11.0 Å². The number of carbonyl (C=O) groups excluding carboxylic acids is 2. The molecule has 1 aromatic heterocycles. The molecule has 0 bridgehead atoms. The van der Waals surface area contributed by atoms with Gasteiger partial charge in [-0.25, -0.2) is 0 Å². The summed E-state index contributed by atoms with van der Waals surface area (Å²) in [5.41, 5.74) is 2.02. The Balaban J connectivity index is 1.73. The van der Waals surface area contributed by atoms with Gasteiger partial charge in [0.2, 0.25) is 5.76 Å². The van der Waals surface area contributed by atoms with Crippen molar-refractivity contribution in [1.29, 1.82) is 0 Å². The smallest absolute Gasteiger partial charge is 0.295 e. The molecule has 170 valence electrons. The Morgan fingerprint density at radius 2 is 1.74 bits per heavy atom. The van der Waals surface area contributed by atoms with E-state index in [0.717, 1.165) is 5.56 Å². The molecule has 1 aliphatic heterocycles. The maximum Gasteiger partial charge on any atom is 0.295 e. The molecule has 3 aromatic carbocycles. The Hall–Kier alpha value is -3.90. The van der Waals surface area contributed by atoms with E-state index in [4.69, 9.17) is 20.8 Å². The van der Waals surface area contributed by atoms with Crippen molar-refractivity contribution in [1.82, 2.24) is 0 Å². The van der Waals surface area contributed by atoms with Crippen molar-refractivity contribution in [2.45, 2.75) is 19.9 Å². The highest BCUT2D eigenvalue weighted by Gasteiger charge is 2.43. The number of carbonyl (C=O) groups is 2. The van der Waals surface area contributed by atoms with E-state index in [1.807, 2.05) is 19.1 Å². The molecule has 2 heterocycles. The van der Waals surface area contributed by atoms with Crippen LogP contribution in [0.3, 0.4) is 0 Å². The Morgan fingerprint density at radius 1 is 1.03 bits per heavy atom. The predicted molar refractivity (Wildman–Crippen MR) is 130 cm³/mol.